The van der Waals surface area contributed by atoms with Crippen molar-refractivity contribution < 1.29 is 46.8 Å². The number of hydrogen-bond donors (Lipinski definition) is 3. The van der Waals surface area contributed by atoms with Crippen molar-refractivity contribution in [1.82, 2.24) is 15.3 Å². The second-order valence-corrected chi connectivity index (χ2v) is 12.8. The van der Waals surface area contributed by atoms with Crippen molar-refractivity contribution in [1.29, 1.82) is 0 Å². The van der Waals surface area contributed by atoms with E-state index in [1.54, 1.807) is 18.3 Å². The summed E-state index contributed by atoms with van der Waals surface area (Å²) in [6.07, 6.45) is -1.31. The molecule has 244 valence electrons. The summed E-state index contributed by atoms with van der Waals surface area (Å²) in [6, 6.07) is 8.69. The van der Waals surface area contributed by atoms with Crippen LogP contribution < -0.4 is 30.0 Å². The summed E-state index contributed by atoms with van der Waals surface area (Å²) in [5.41, 5.74) is 2.13. The summed E-state index contributed by atoms with van der Waals surface area (Å²) < 4.78 is 65.3. The number of nitrogens with one attached hydrogen (secondary N) is 1. The predicted octanol–water partition coefficient (Wildman–Crippen LogP) is 4.69. The topological polar surface area (TPSA) is 155 Å². The second-order valence-electron chi connectivity index (χ2n) is 11.9. The Morgan fingerprint density at radius 3 is 2.64 bits per heavy atom. The summed E-state index contributed by atoms with van der Waals surface area (Å²) in [4.78, 5) is 35.0. The van der Waals surface area contributed by atoms with Gasteiger partial charge in [-0.05, 0) is 78.0 Å². The molecule has 2 aromatic heterocycles. The van der Waals surface area contributed by atoms with E-state index in [0.29, 0.717) is 34.0 Å². The molecule has 3 aliphatic rings. The maximum absolute atomic E-state index is 16.7. The van der Waals surface area contributed by atoms with Gasteiger partial charge in [-0.15, -0.1) is 8.78 Å². The highest BCUT2D eigenvalue weighted by molar-refractivity contribution is 9.10. The number of methoxy groups -OCH3 is 1. The minimum atomic E-state index is -3.89. The molecule has 0 saturated heterocycles. The molecule has 1 fully saturated rings. The second kappa shape index (κ2) is 10.7. The van der Waals surface area contributed by atoms with Gasteiger partial charge in [0.25, 0.3) is 5.91 Å². The highest BCUT2D eigenvalue weighted by atomic mass is 79.9. The number of aliphatic hydroxyl groups is 1. The molecule has 4 N–H and O–H groups in total. The third kappa shape index (κ3) is 5.08. The van der Waals surface area contributed by atoms with Gasteiger partial charge in [0.15, 0.2) is 23.1 Å². The zero-order valence-electron chi connectivity index (χ0n) is 24.8. The molecule has 7 rings (SSSR count). The Hall–Kier alpha value is -4.63. The molecule has 4 aromatic rings. The van der Waals surface area contributed by atoms with Crippen LogP contribution in [0.5, 0.6) is 23.0 Å². The first kappa shape index (κ1) is 31.0. The number of nitrogens with zero attached hydrogens (tertiary/aromatic N) is 2. The lowest BCUT2D eigenvalue weighted by Crippen LogP contribution is -2.45. The number of pyridine rings is 2. The van der Waals surface area contributed by atoms with Gasteiger partial charge in [0.2, 0.25) is 5.91 Å². The van der Waals surface area contributed by atoms with Crippen molar-refractivity contribution in [2.24, 2.45) is 11.7 Å². The van der Waals surface area contributed by atoms with Crippen molar-refractivity contribution in [2.45, 2.75) is 37.1 Å². The van der Waals surface area contributed by atoms with E-state index in [4.69, 9.17) is 15.2 Å². The SMILES string of the molecule is COc1cc(C(=O)NC[C@](O)(c2nc(-c3ccc4c(c3)OC(F)(F)O4)c3c(c2F)[C@](C)(C(N)=O)CO3)C2CC2)cc2cc(Br)cnc12. The van der Waals surface area contributed by atoms with Gasteiger partial charge in [-0.1, -0.05) is 0 Å². The summed E-state index contributed by atoms with van der Waals surface area (Å²) >= 11 is 3.37. The molecule has 0 spiro atoms. The van der Waals surface area contributed by atoms with Crippen molar-refractivity contribution in [3.05, 3.63) is 69.7 Å². The standard InChI is InChI=1S/C32H26BrF3N4O7/c1-30(29(37)42)13-45-26-22(30)23(34)27(40-25(26)14-3-6-19-20(9-14)47-32(35,36)46-19)31(43,17-4-5-17)12-39-28(41)16-7-15-8-18(33)11-38-24(15)21(10-16)44-2/h3,6-11,17,43H,4-5,12-13H2,1-2H3,(H2,37,42)(H,39,41)/t30-,31-/m1/s1. The highest BCUT2D eigenvalue weighted by Crippen LogP contribution is 2.52. The van der Waals surface area contributed by atoms with Crippen LogP contribution in [-0.4, -0.2) is 53.4 Å². The number of rotatable bonds is 8. The van der Waals surface area contributed by atoms with E-state index < -0.39 is 53.1 Å². The minimum absolute atomic E-state index is 0.0502. The largest absolute Gasteiger partial charge is 0.586 e. The number of halogens is 4. The molecule has 4 heterocycles. The van der Waals surface area contributed by atoms with Crippen LogP contribution >= 0.6 is 15.9 Å². The first-order valence-corrected chi connectivity index (χ1v) is 15.2. The monoisotopic (exact) mass is 714 g/mol. The quantitative estimate of drug-likeness (QED) is 0.236. The maximum Gasteiger partial charge on any atom is 0.586 e. The zero-order valence-corrected chi connectivity index (χ0v) is 26.4. The maximum atomic E-state index is 16.7. The predicted molar refractivity (Wildman–Crippen MR) is 163 cm³/mol. The van der Waals surface area contributed by atoms with Crippen LogP contribution in [0.2, 0.25) is 0 Å². The number of amides is 2. The first-order valence-electron chi connectivity index (χ1n) is 14.5. The minimum Gasteiger partial charge on any atom is -0.494 e. The number of primary amides is 1. The van der Waals surface area contributed by atoms with E-state index >= 15 is 4.39 Å². The Kier molecular flexibility index (Phi) is 7.06. The number of nitrogens with two attached hydrogens (primary N) is 1. The van der Waals surface area contributed by atoms with Crippen LogP contribution in [0.15, 0.2) is 47.1 Å². The van der Waals surface area contributed by atoms with E-state index in [9.17, 15) is 23.5 Å². The summed E-state index contributed by atoms with van der Waals surface area (Å²) in [7, 11) is 1.45. The van der Waals surface area contributed by atoms with Crippen LogP contribution in [0.1, 0.15) is 41.4 Å². The van der Waals surface area contributed by atoms with Crippen LogP contribution in [0.3, 0.4) is 0 Å². The van der Waals surface area contributed by atoms with Crippen LogP contribution in [0.4, 0.5) is 13.2 Å². The highest BCUT2D eigenvalue weighted by Gasteiger charge is 2.53. The van der Waals surface area contributed by atoms with E-state index in [1.807, 2.05) is 0 Å². The Morgan fingerprint density at radius 1 is 1.19 bits per heavy atom. The lowest BCUT2D eigenvalue weighted by atomic mass is 9.80. The van der Waals surface area contributed by atoms with Crippen LogP contribution in [0.25, 0.3) is 22.2 Å². The van der Waals surface area contributed by atoms with Gasteiger partial charge in [0, 0.05) is 27.2 Å². The van der Waals surface area contributed by atoms with Gasteiger partial charge < -0.3 is 35.1 Å². The van der Waals surface area contributed by atoms with Gasteiger partial charge >= 0.3 is 6.29 Å². The molecule has 2 amide bonds. The fourth-order valence-electron chi connectivity index (χ4n) is 6.02. The molecule has 1 aliphatic carbocycles. The Labute approximate surface area is 273 Å². The van der Waals surface area contributed by atoms with Crippen molar-refractivity contribution in [3.8, 4) is 34.3 Å². The van der Waals surface area contributed by atoms with Crippen molar-refractivity contribution >= 4 is 38.6 Å². The molecule has 15 heteroatoms. The molecule has 2 aromatic carbocycles. The van der Waals surface area contributed by atoms with E-state index in [-0.39, 0.29) is 46.2 Å². The lowest BCUT2D eigenvalue weighted by Gasteiger charge is -2.30. The van der Waals surface area contributed by atoms with Gasteiger partial charge in [-0.2, -0.15) is 0 Å². The number of benzene rings is 2. The molecule has 11 nitrogen and oxygen atoms in total. The number of carbonyl (C=O) groups excluding carboxylic acids is 2. The van der Waals surface area contributed by atoms with Crippen LogP contribution in [0, 0.1) is 11.7 Å². The summed E-state index contributed by atoms with van der Waals surface area (Å²) in [5.74, 6) is -3.34. The number of hydrogen-bond acceptors (Lipinski definition) is 9. The van der Waals surface area contributed by atoms with Crippen molar-refractivity contribution in [3.63, 3.8) is 0 Å². The summed E-state index contributed by atoms with van der Waals surface area (Å²) in [5, 5.41) is 15.5. The van der Waals surface area contributed by atoms with E-state index in [2.05, 4.69) is 40.7 Å². The number of alkyl halides is 2. The first-order chi connectivity index (χ1) is 22.2. The molecular weight excluding hydrogens is 689 g/mol. The third-order valence-electron chi connectivity index (χ3n) is 8.75. The van der Waals surface area contributed by atoms with Gasteiger partial charge in [-0.3, -0.25) is 14.6 Å². The average molecular weight is 715 g/mol. The normalized spacial score (nSPS) is 20.3. The Morgan fingerprint density at radius 2 is 1.94 bits per heavy atom. The number of ether oxygens (including phenoxy) is 4. The van der Waals surface area contributed by atoms with Gasteiger partial charge in [-0.25, -0.2) is 9.37 Å². The molecule has 2 atom stereocenters. The fraction of sp³-hybridized carbons (Fsp3) is 0.312. The molecule has 47 heavy (non-hydrogen) atoms. The molecule has 1 saturated carbocycles. The third-order valence-corrected chi connectivity index (χ3v) is 9.18. The van der Waals surface area contributed by atoms with Gasteiger partial charge in [0.1, 0.15) is 40.3 Å². The Balaban J connectivity index is 1.31. The number of fused-ring (bicyclic) bond motifs is 3. The lowest BCUT2D eigenvalue weighted by molar-refractivity contribution is -0.286. The van der Waals surface area contributed by atoms with E-state index in [0.717, 1.165) is 0 Å². The summed E-state index contributed by atoms with van der Waals surface area (Å²) in [6.45, 7) is 0.607. The Bertz CT molecular complexity index is 2010. The molecule has 0 unspecified atom stereocenters. The average Bonchev–Trinajstić information content (AvgIpc) is 3.76. The zero-order chi connectivity index (χ0) is 33.5. The molecule has 2 aliphatic heterocycles. The van der Waals surface area contributed by atoms with Crippen molar-refractivity contribution in [2.75, 3.05) is 20.3 Å². The molecule has 0 radical (unpaired) electrons. The molecular formula is C32H26BrF3N4O7. The van der Waals surface area contributed by atoms with E-state index in [1.165, 1.54) is 38.3 Å². The number of carbonyl (C=O) groups is 2. The van der Waals surface area contributed by atoms with Crippen LogP contribution in [-0.2, 0) is 15.8 Å². The fourth-order valence-corrected chi connectivity index (χ4v) is 6.37. The van der Waals surface area contributed by atoms with Gasteiger partial charge in [0.05, 0.1) is 19.2 Å². The smallest absolute Gasteiger partial charge is 0.494 e. The number of aromatic nitrogens is 2. The molecule has 0 bridgehead atoms.